The summed E-state index contributed by atoms with van der Waals surface area (Å²) in [5.41, 5.74) is -0.163. The molecule has 1 nitrogen and oxygen atoms in total. The molecule has 14 heavy (non-hydrogen) atoms. The molecule has 0 aromatic rings. The third kappa shape index (κ3) is 6.97. The molecule has 0 bridgehead atoms. The van der Waals surface area contributed by atoms with Crippen molar-refractivity contribution in [3.8, 4) is 12.3 Å². The second-order valence-corrected chi connectivity index (χ2v) is 4.66. The Bertz CT molecular complexity index is 176. The normalized spacial score (nSPS) is 13.6. The van der Waals surface area contributed by atoms with E-state index in [-0.39, 0.29) is 5.54 Å². The fraction of sp³-hybridized carbons (Fsp3) is 0.846. The Kier molecular flexibility index (Phi) is 6.66. The second kappa shape index (κ2) is 6.90. The quantitative estimate of drug-likeness (QED) is 0.485. The molecule has 0 aromatic heterocycles. The van der Waals surface area contributed by atoms with Crippen LogP contribution in [0.4, 0.5) is 0 Å². The Morgan fingerprint density at radius 2 is 1.93 bits per heavy atom. The predicted molar refractivity (Wildman–Crippen MR) is 64.3 cm³/mol. The maximum absolute atomic E-state index is 5.42. The van der Waals surface area contributed by atoms with Crippen LogP contribution in [0.25, 0.3) is 0 Å². The number of nitrogens with one attached hydrogen (secondary N) is 1. The van der Waals surface area contributed by atoms with Gasteiger partial charge in [-0.15, -0.1) is 6.42 Å². The van der Waals surface area contributed by atoms with Crippen LogP contribution in [0.1, 0.15) is 59.8 Å². The van der Waals surface area contributed by atoms with Gasteiger partial charge in [0, 0.05) is 6.04 Å². The highest BCUT2D eigenvalue weighted by Gasteiger charge is 2.15. The molecule has 0 aliphatic rings. The minimum atomic E-state index is -0.163. The van der Waals surface area contributed by atoms with Gasteiger partial charge in [-0.2, -0.15) is 0 Å². The molecular weight excluding hydrogens is 170 g/mol. The molecule has 0 aliphatic heterocycles. The van der Waals surface area contributed by atoms with Crippen molar-refractivity contribution in [3.63, 3.8) is 0 Å². The van der Waals surface area contributed by atoms with Crippen LogP contribution < -0.4 is 5.32 Å². The molecule has 82 valence electrons. The first-order chi connectivity index (χ1) is 6.52. The molecule has 0 saturated heterocycles. The highest BCUT2D eigenvalue weighted by molar-refractivity contribution is 5.07. The van der Waals surface area contributed by atoms with E-state index in [9.17, 15) is 0 Å². The van der Waals surface area contributed by atoms with Gasteiger partial charge in [-0.25, -0.2) is 0 Å². The number of hydrogen-bond donors (Lipinski definition) is 1. The topological polar surface area (TPSA) is 12.0 Å². The van der Waals surface area contributed by atoms with Gasteiger partial charge in [-0.05, 0) is 27.2 Å². The zero-order valence-corrected chi connectivity index (χ0v) is 10.2. The molecule has 0 amide bonds. The summed E-state index contributed by atoms with van der Waals surface area (Å²) >= 11 is 0. The second-order valence-electron chi connectivity index (χ2n) is 4.66. The number of unbranched alkanes of at least 4 members (excludes halogenated alkanes) is 3. The number of hydrogen-bond acceptors (Lipinski definition) is 1. The molecule has 1 N–H and O–H groups in total. The zero-order chi connectivity index (χ0) is 11.0. The minimum absolute atomic E-state index is 0.163. The highest BCUT2D eigenvalue weighted by Crippen LogP contribution is 2.08. The Balaban J connectivity index is 3.56. The van der Waals surface area contributed by atoms with Gasteiger partial charge < -0.3 is 0 Å². The summed E-state index contributed by atoms with van der Waals surface area (Å²) in [7, 11) is 0. The lowest BCUT2D eigenvalue weighted by Crippen LogP contribution is -2.43. The summed E-state index contributed by atoms with van der Waals surface area (Å²) in [6, 6.07) is 0.526. The van der Waals surface area contributed by atoms with Crippen molar-refractivity contribution in [2.75, 3.05) is 0 Å². The van der Waals surface area contributed by atoms with E-state index in [0.717, 1.165) is 0 Å². The Hall–Kier alpha value is -0.480. The molecule has 0 radical (unpaired) electrons. The van der Waals surface area contributed by atoms with Crippen molar-refractivity contribution in [1.29, 1.82) is 0 Å². The standard InChI is InChI=1S/C13H25N/c1-6-8-9-10-11-12(3)14-13(4,5)7-2/h2,12,14H,6,8-11H2,1,3-5H3. The van der Waals surface area contributed by atoms with E-state index in [1.165, 1.54) is 32.1 Å². The monoisotopic (exact) mass is 195 g/mol. The summed E-state index contributed by atoms with van der Waals surface area (Å²) < 4.78 is 0. The van der Waals surface area contributed by atoms with Gasteiger partial charge >= 0.3 is 0 Å². The van der Waals surface area contributed by atoms with Crippen molar-refractivity contribution < 1.29 is 0 Å². The third-order valence-electron chi connectivity index (χ3n) is 2.46. The number of terminal acetylenes is 1. The largest absolute Gasteiger partial charge is 0.299 e. The first kappa shape index (κ1) is 13.5. The van der Waals surface area contributed by atoms with Gasteiger partial charge in [0.1, 0.15) is 0 Å². The summed E-state index contributed by atoms with van der Waals surface area (Å²) in [5, 5.41) is 3.45. The third-order valence-corrected chi connectivity index (χ3v) is 2.46. The molecule has 1 heteroatoms. The van der Waals surface area contributed by atoms with E-state index in [4.69, 9.17) is 6.42 Å². The van der Waals surface area contributed by atoms with Crippen LogP contribution in [0.5, 0.6) is 0 Å². The van der Waals surface area contributed by atoms with Gasteiger partial charge in [0.05, 0.1) is 5.54 Å². The van der Waals surface area contributed by atoms with E-state index in [1.807, 2.05) is 0 Å². The van der Waals surface area contributed by atoms with Crippen molar-refractivity contribution in [2.45, 2.75) is 71.4 Å². The summed E-state index contributed by atoms with van der Waals surface area (Å²) in [6.45, 7) is 8.55. The van der Waals surface area contributed by atoms with Gasteiger partial charge in [-0.1, -0.05) is 38.5 Å². The maximum Gasteiger partial charge on any atom is 0.0743 e. The van der Waals surface area contributed by atoms with Gasteiger partial charge in [0.15, 0.2) is 0 Å². The van der Waals surface area contributed by atoms with E-state index in [0.29, 0.717) is 6.04 Å². The molecule has 1 atom stereocenters. The number of rotatable bonds is 7. The average molecular weight is 195 g/mol. The van der Waals surface area contributed by atoms with Gasteiger partial charge in [0.25, 0.3) is 0 Å². The smallest absolute Gasteiger partial charge is 0.0743 e. The molecule has 0 rings (SSSR count). The minimum Gasteiger partial charge on any atom is -0.299 e. The van der Waals surface area contributed by atoms with Crippen LogP contribution in [0.3, 0.4) is 0 Å². The van der Waals surface area contributed by atoms with Crippen LogP contribution >= 0.6 is 0 Å². The lowest BCUT2D eigenvalue weighted by atomic mass is 10.0. The zero-order valence-electron chi connectivity index (χ0n) is 10.2. The van der Waals surface area contributed by atoms with Crippen molar-refractivity contribution in [3.05, 3.63) is 0 Å². The van der Waals surface area contributed by atoms with Gasteiger partial charge in [0.2, 0.25) is 0 Å². The molecule has 0 spiro atoms. The van der Waals surface area contributed by atoms with Crippen molar-refractivity contribution in [2.24, 2.45) is 0 Å². The van der Waals surface area contributed by atoms with Gasteiger partial charge in [-0.3, -0.25) is 5.32 Å². The van der Waals surface area contributed by atoms with Crippen LogP contribution in [0, 0.1) is 12.3 Å². The first-order valence-electron chi connectivity index (χ1n) is 5.77. The van der Waals surface area contributed by atoms with Crippen molar-refractivity contribution >= 4 is 0 Å². The lowest BCUT2D eigenvalue weighted by Gasteiger charge is -2.25. The predicted octanol–water partition coefficient (Wildman–Crippen LogP) is 3.35. The summed E-state index contributed by atoms with van der Waals surface area (Å²) in [4.78, 5) is 0. The Morgan fingerprint density at radius 3 is 2.43 bits per heavy atom. The Morgan fingerprint density at radius 1 is 1.29 bits per heavy atom. The lowest BCUT2D eigenvalue weighted by molar-refractivity contribution is 0.394. The molecule has 1 unspecified atom stereocenters. The van der Waals surface area contributed by atoms with Crippen LogP contribution in [0.2, 0.25) is 0 Å². The molecule has 0 heterocycles. The fourth-order valence-corrected chi connectivity index (χ4v) is 1.61. The first-order valence-corrected chi connectivity index (χ1v) is 5.77. The van der Waals surface area contributed by atoms with E-state index >= 15 is 0 Å². The highest BCUT2D eigenvalue weighted by atomic mass is 15.0. The van der Waals surface area contributed by atoms with E-state index < -0.39 is 0 Å². The molecular formula is C13H25N. The van der Waals surface area contributed by atoms with Crippen LogP contribution in [-0.4, -0.2) is 11.6 Å². The Labute approximate surface area is 89.7 Å². The summed E-state index contributed by atoms with van der Waals surface area (Å²) in [6.07, 6.45) is 12.0. The maximum atomic E-state index is 5.42. The average Bonchev–Trinajstić information content (AvgIpc) is 2.12. The SMILES string of the molecule is C#CC(C)(C)NC(C)CCCCCC. The molecule has 0 aromatic carbocycles. The van der Waals surface area contributed by atoms with Crippen LogP contribution in [0.15, 0.2) is 0 Å². The molecule has 0 saturated carbocycles. The molecule has 0 fully saturated rings. The fourth-order valence-electron chi connectivity index (χ4n) is 1.61. The molecule has 0 aliphatic carbocycles. The van der Waals surface area contributed by atoms with Crippen LogP contribution in [-0.2, 0) is 0 Å². The van der Waals surface area contributed by atoms with Crippen molar-refractivity contribution in [1.82, 2.24) is 5.32 Å². The van der Waals surface area contributed by atoms with E-state index in [2.05, 4.69) is 38.9 Å². The summed E-state index contributed by atoms with van der Waals surface area (Å²) in [5.74, 6) is 2.76. The van der Waals surface area contributed by atoms with E-state index in [1.54, 1.807) is 0 Å².